The third-order valence-corrected chi connectivity index (χ3v) is 2.61. The maximum atomic E-state index is 11.7. The number of H-pyrrole nitrogens is 1. The van der Waals surface area contributed by atoms with Crippen LogP contribution in [-0.2, 0) is 11.3 Å². The van der Waals surface area contributed by atoms with E-state index in [4.69, 9.17) is 19.8 Å². The van der Waals surface area contributed by atoms with Crippen molar-refractivity contribution in [3.63, 3.8) is 0 Å². The minimum Gasteiger partial charge on any atom is -0.473 e. The first kappa shape index (κ1) is 15.3. The van der Waals surface area contributed by atoms with Gasteiger partial charge in [-0.05, 0) is 5.56 Å². The predicted octanol–water partition coefficient (Wildman–Crippen LogP) is 1.40. The number of nitrogens with zero attached hydrogens (tertiary/aromatic N) is 2. The highest BCUT2D eigenvalue weighted by molar-refractivity contribution is 5.85. The van der Waals surface area contributed by atoms with Crippen LogP contribution in [0.4, 0.5) is 10.6 Å². The summed E-state index contributed by atoms with van der Waals surface area (Å²) in [6, 6.07) is 11.0. The summed E-state index contributed by atoms with van der Waals surface area (Å²) in [5.41, 5.74) is 0.875. The molecule has 1 aromatic heterocycles. The van der Waals surface area contributed by atoms with Crippen LogP contribution in [0.3, 0.4) is 0 Å². The molecule has 22 heavy (non-hydrogen) atoms. The Labute approximate surface area is 126 Å². The Bertz CT molecular complexity index is 663. The standard InChI is InChI=1S/C14H14N4O4/c15-8-11-12(17-18-13(11)21-7-6-19)16-14(20)22-9-10-4-2-1-3-5-10/h1-5,19H,6-7,9H2,(H2,16,17,18,20). The number of carbonyl (C=O) groups is 1. The van der Waals surface area contributed by atoms with Gasteiger partial charge in [0, 0.05) is 0 Å². The second kappa shape index (κ2) is 7.66. The molecule has 1 amide bonds. The highest BCUT2D eigenvalue weighted by Gasteiger charge is 2.16. The molecule has 3 N–H and O–H groups in total. The molecule has 0 aliphatic carbocycles. The van der Waals surface area contributed by atoms with Crippen LogP contribution in [0.2, 0.25) is 0 Å². The molecule has 8 nitrogen and oxygen atoms in total. The summed E-state index contributed by atoms with van der Waals surface area (Å²) in [5.74, 6) is 0.0865. The molecule has 0 unspecified atom stereocenters. The van der Waals surface area contributed by atoms with Gasteiger partial charge >= 0.3 is 6.09 Å². The third-order valence-electron chi connectivity index (χ3n) is 2.61. The first-order valence-corrected chi connectivity index (χ1v) is 6.44. The van der Waals surface area contributed by atoms with E-state index in [0.29, 0.717) is 0 Å². The second-order valence-electron chi connectivity index (χ2n) is 4.15. The van der Waals surface area contributed by atoms with Gasteiger partial charge in [-0.2, -0.15) is 5.26 Å². The van der Waals surface area contributed by atoms with Gasteiger partial charge in [0.05, 0.1) is 6.61 Å². The molecule has 0 radical (unpaired) electrons. The number of aliphatic hydroxyl groups excluding tert-OH is 1. The number of nitrogens with one attached hydrogen (secondary N) is 2. The van der Waals surface area contributed by atoms with E-state index in [0.717, 1.165) is 5.56 Å². The van der Waals surface area contributed by atoms with E-state index in [1.54, 1.807) is 0 Å². The molecule has 8 heteroatoms. The molecule has 0 saturated carbocycles. The zero-order chi connectivity index (χ0) is 15.8. The van der Waals surface area contributed by atoms with Gasteiger partial charge in [-0.1, -0.05) is 30.3 Å². The molecule has 0 aliphatic heterocycles. The zero-order valence-corrected chi connectivity index (χ0v) is 11.6. The second-order valence-corrected chi connectivity index (χ2v) is 4.15. The Kier molecular flexibility index (Phi) is 5.34. The van der Waals surface area contributed by atoms with Gasteiger partial charge < -0.3 is 14.6 Å². The lowest BCUT2D eigenvalue weighted by molar-refractivity contribution is 0.155. The molecule has 0 atom stereocenters. The number of aromatic amines is 1. The summed E-state index contributed by atoms with van der Waals surface area (Å²) < 4.78 is 10.1. The smallest absolute Gasteiger partial charge is 0.413 e. The topological polar surface area (TPSA) is 120 Å². The summed E-state index contributed by atoms with van der Waals surface area (Å²) >= 11 is 0. The van der Waals surface area contributed by atoms with Gasteiger partial charge in [-0.15, -0.1) is 5.10 Å². The maximum Gasteiger partial charge on any atom is 0.413 e. The van der Waals surface area contributed by atoms with Gasteiger partial charge in [0.25, 0.3) is 5.88 Å². The number of hydrogen-bond acceptors (Lipinski definition) is 6. The Hall–Kier alpha value is -3.05. The fourth-order valence-corrected chi connectivity index (χ4v) is 1.63. The SMILES string of the molecule is N#Cc1c(OCCO)n[nH]c1NC(=O)OCc1ccccc1. The highest BCUT2D eigenvalue weighted by atomic mass is 16.5. The van der Waals surface area contributed by atoms with E-state index in [1.807, 2.05) is 36.4 Å². The van der Waals surface area contributed by atoms with Crippen molar-refractivity contribution in [2.45, 2.75) is 6.61 Å². The number of hydrogen-bond donors (Lipinski definition) is 3. The average molecular weight is 302 g/mol. The van der Waals surface area contributed by atoms with Crippen molar-refractivity contribution in [3.8, 4) is 11.9 Å². The number of aromatic nitrogens is 2. The van der Waals surface area contributed by atoms with Crippen molar-refractivity contribution in [3.05, 3.63) is 41.5 Å². The Morgan fingerprint density at radius 1 is 1.41 bits per heavy atom. The molecule has 0 spiro atoms. The van der Waals surface area contributed by atoms with Gasteiger partial charge in [-0.3, -0.25) is 10.4 Å². The number of aliphatic hydroxyl groups is 1. The predicted molar refractivity (Wildman–Crippen MR) is 76.1 cm³/mol. The number of ether oxygens (including phenoxy) is 2. The van der Waals surface area contributed by atoms with Crippen molar-refractivity contribution >= 4 is 11.9 Å². The molecule has 1 heterocycles. The van der Waals surface area contributed by atoms with Crippen LogP contribution >= 0.6 is 0 Å². The molecule has 1 aromatic carbocycles. The lowest BCUT2D eigenvalue weighted by Gasteiger charge is -2.05. The summed E-state index contributed by atoms with van der Waals surface area (Å²) in [7, 11) is 0. The van der Waals surface area contributed by atoms with E-state index in [1.165, 1.54) is 0 Å². The lowest BCUT2D eigenvalue weighted by Crippen LogP contribution is -2.14. The van der Waals surface area contributed by atoms with Gasteiger partial charge in [0.1, 0.15) is 19.3 Å². The van der Waals surface area contributed by atoms with Gasteiger partial charge in [0.2, 0.25) is 0 Å². The average Bonchev–Trinajstić information content (AvgIpc) is 2.93. The van der Waals surface area contributed by atoms with Gasteiger partial charge in [-0.25, -0.2) is 4.79 Å². The Morgan fingerprint density at radius 2 is 2.18 bits per heavy atom. The summed E-state index contributed by atoms with van der Waals surface area (Å²) in [6.07, 6.45) is -0.724. The molecule has 2 aromatic rings. The molecular weight excluding hydrogens is 288 g/mol. The molecule has 0 bridgehead atoms. The number of carbonyl (C=O) groups excluding carboxylic acids is 1. The first-order chi connectivity index (χ1) is 10.7. The molecule has 0 aliphatic rings. The molecular formula is C14H14N4O4. The largest absolute Gasteiger partial charge is 0.473 e. The minimum absolute atomic E-state index is 0.00255. The van der Waals surface area contributed by atoms with Crippen molar-refractivity contribution in [2.24, 2.45) is 0 Å². The van der Waals surface area contributed by atoms with Crippen LogP contribution in [0, 0.1) is 11.3 Å². The Morgan fingerprint density at radius 3 is 2.86 bits per heavy atom. The highest BCUT2D eigenvalue weighted by Crippen LogP contribution is 2.22. The number of anilines is 1. The third kappa shape index (κ3) is 3.97. The minimum atomic E-state index is -0.724. The fraction of sp³-hybridized carbons (Fsp3) is 0.214. The Balaban J connectivity index is 1.94. The van der Waals surface area contributed by atoms with E-state index < -0.39 is 6.09 Å². The van der Waals surface area contributed by atoms with Crippen molar-refractivity contribution in [1.82, 2.24) is 10.2 Å². The van der Waals surface area contributed by atoms with Gasteiger partial charge in [0.15, 0.2) is 11.4 Å². The first-order valence-electron chi connectivity index (χ1n) is 6.44. The van der Waals surface area contributed by atoms with Crippen molar-refractivity contribution in [1.29, 1.82) is 5.26 Å². The van der Waals surface area contributed by atoms with Crippen LogP contribution in [0.25, 0.3) is 0 Å². The van der Waals surface area contributed by atoms with E-state index in [-0.39, 0.29) is 37.1 Å². The van der Waals surface area contributed by atoms with E-state index >= 15 is 0 Å². The number of amides is 1. The number of rotatable bonds is 6. The van der Waals surface area contributed by atoms with Crippen LogP contribution in [0.1, 0.15) is 11.1 Å². The monoisotopic (exact) mass is 302 g/mol. The van der Waals surface area contributed by atoms with Crippen LogP contribution in [-0.4, -0.2) is 34.6 Å². The van der Waals surface area contributed by atoms with Crippen LogP contribution < -0.4 is 10.1 Å². The molecule has 0 fully saturated rings. The van der Waals surface area contributed by atoms with Crippen molar-refractivity contribution < 1.29 is 19.4 Å². The molecule has 0 saturated heterocycles. The molecule has 114 valence electrons. The lowest BCUT2D eigenvalue weighted by atomic mass is 10.2. The van der Waals surface area contributed by atoms with Crippen LogP contribution in [0.15, 0.2) is 30.3 Å². The van der Waals surface area contributed by atoms with E-state index in [2.05, 4.69) is 15.5 Å². The summed E-state index contributed by atoms with van der Waals surface area (Å²) in [6.45, 7) is -0.104. The van der Waals surface area contributed by atoms with Crippen LogP contribution in [0.5, 0.6) is 5.88 Å². The maximum absolute atomic E-state index is 11.7. The quantitative estimate of drug-likeness (QED) is 0.741. The zero-order valence-electron chi connectivity index (χ0n) is 11.6. The summed E-state index contributed by atoms with van der Waals surface area (Å²) in [5, 5.41) is 26.4. The number of nitriles is 1. The van der Waals surface area contributed by atoms with E-state index in [9.17, 15) is 4.79 Å². The van der Waals surface area contributed by atoms with Crippen molar-refractivity contribution in [2.75, 3.05) is 18.5 Å². The number of benzene rings is 1. The summed E-state index contributed by atoms with van der Waals surface area (Å²) in [4.78, 5) is 11.7. The molecule has 2 rings (SSSR count). The fourth-order valence-electron chi connectivity index (χ4n) is 1.63. The normalized spacial score (nSPS) is 9.82.